The molecule has 0 spiro atoms. The van der Waals surface area contributed by atoms with Crippen LogP contribution >= 0.6 is 11.6 Å². The molecule has 1 aliphatic heterocycles. The predicted octanol–water partition coefficient (Wildman–Crippen LogP) is 2.91. The third-order valence-electron chi connectivity index (χ3n) is 5.31. The van der Waals surface area contributed by atoms with Crippen LogP contribution in [0.5, 0.6) is 5.75 Å². The Hall–Kier alpha value is -2.62. The molecule has 10 heteroatoms. The zero-order chi connectivity index (χ0) is 23.5. The topological polar surface area (TPSA) is 96.0 Å². The first-order chi connectivity index (χ1) is 15.1. The fraction of sp³-hybridized carbons (Fsp3) is 0.364. The van der Waals surface area contributed by atoms with E-state index in [1.807, 2.05) is 6.92 Å². The number of anilines is 1. The van der Waals surface area contributed by atoms with Crippen molar-refractivity contribution in [1.29, 1.82) is 0 Å². The summed E-state index contributed by atoms with van der Waals surface area (Å²) in [5.74, 6) is -0.443. The van der Waals surface area contributed by atoms with E-state index in [9.17, 15) is 18.0 Å². The van der Waals surface area contributed by atoms with E-state index < -0.39 is 27.9 Å². The molecule has 1 fully saturated rings. The number of nitrogens with one attached hydrogen (secondary N) is 1. The normalized spacial score (nSPS) is 16.6. The Morgan fingerprint density at radius 2 is 1.91 bits per heavy atom. The fourth-order valence-electron chi connectivity index (χ4n) is 3.64. The van der Waals surface area contributed by atoms with Crippen molar-refractivity contribution in [2.45, 2.75) is 30.7 Å². The maximum absolute atomic E-state index is 13.1. The molecule has 172 valence electrons. The largest absolute Gasteiger partial charge is 0.495 e. The van der Waals surface area contributed by atoms with Crippen molar-refractivity contribution >= 4 is 39.1 Å². The van der Waals surface area contributed by atoms with Crippen molar-refractivity contribution in [2.75, 3.05) is 32.6 Å². The fourth-order valence-corrected chi connectivity index (χ4v) is 5.46. The van der Waals surface area contributed by atoms with E-state index in [2.05, 4.69) is 5.32 Å². The average Bonchev–Trinajstić information content (AvgIpc) is 3.24. The van der Waals surface area contributed by atoms with Gasteiger partial charge in [0.25, 0.3) is 0 Å². The highest BCUT2D eigenvalue weighted by molar-refractivity contribution is 7.89. The SMILES string of the molecule is COc1ccc(Cl)cc1NC(=O)CN(C)C(=O)C1CCCN1S(=O)(=O)c1ccc(C)cc1. The lowest BCUT2D eigenvalue weighted by Crippen LogP contribution is -2.48. The van der Waals surface area contributed by atoms with Gasteiger partial charge in [-0.15, -0.1) is 0 Å². The molecule has 0 saturated carbocycles. The van der Waals surface area contributed by atoms with Gasteiger partial charge >= 0.3 is 0 Å². The number of amides is 2. The number of methoxy groups -OCH3 is 1. The molecule has 1 aliphatic rings. The Kier molecular flexibility index (Phi) is 7.43. The second-order valence-corrected chi connectivity index (χ2v) is 10.0. The van der Waals surface area contributed by atoms with Crippen molar-refractivity contribution in [3.63, 3.8) is 0 Å². The number of sulfonamides is 1. The van der Waals surface area contributed by atoms with Gasteiger partial charge in [0.15, 0.2) is 0 Å². The highest BCUT2D eigenvalue weighted by Crippen LogP contribution is 2.29. The zero-order valence-electron chi connectivity index (χ0n) is 18.2. The van der Waals surface area contributed by atoms with Crippen molar-refractivity contribution < 1.29 is 22.7 Å². The minimum Gasteiger partial charge on any atom is -0.495 e. The number of rotatable bonds is 7. The number of likely N-dealkylation sites (N-methyl/N-ethyl adjacent to an activating group) is 1. The van der Waals surface area contributed by atoms with Crippen LogP contribution in [0.4, 0.5) is 5.69 Å². The summed E-state index contributed by atoms with van der Waals surface area (Å²) in [6.07, 6.45) is 0.971. The van der Waals surface area contributed by atoms with Gasteiger partial charge in [-0.25, -0.2) is 8.42 Å². The van der Waals surface area contributed by atoms with Crippen molar-refractivity contribution in [3.8, 4) is 5.75 Å². The second kappa shape index (κ2) is 9.89. The Bertz CT molecular complexity index is 1110. The minimum absolute atomic E-state index is 0.149. The molecule has 1 heterocycles. The lowest BCUT2D eigenvalue weighted by molar-refractivity contribution is -0.136. The summed E-state index contributed by atoms with van der Waals surface area (Å²) < 4.78 is 32.6. The molecule has 0 radical (unpaired) electrons. The molecule has 1 unspecified atom stereocenters. The van der Waals surface area contributed by atoms with Gasteiger partial charge in [-0.05, 0) is 50.1 Å². The standard InChI is InChI=1S/C22H26ClN3O5S/c1-15-6-9-17(10-7-15)32(29,30)26-12-4-5-19(26)22(28)25(2)14-21(27)24-18-13-16(23)8-11-20(18)31-3/h6-11,13,19H,4-5,12,14H2,1-3H3,(H,24,27). The molecule has 2 aromatic carbocycles. The third-order valence-corrected chi connectivity index (χ3v) is 7.47. The predicted molar refractivity (Wildman–Crippen MR) is 122 cm³/mol. The lowest BCUT2D eigenvalue weighted by atomic mass is 10.2. The highest BCUT2D eigenvalue weighted by Gasteiger charge is 2.40. The molecule has 0 bridgehead atoms. The Morgan fingerprint density at radius 3 is 2.56 bits per heavy atom. The zero-order valence-corrected chi connectivity index (χ0v) is 19.7. The van der Waals surface area contributed by atoms with Crippen LogP contribution in [0.25, 0.3) is 0 Å². The Labute approximate surface area is 193 Å². The maximum Gasteiger partial charge on any atom is 0.244 e. The van der Waals surface area contributed by atoms with Crippen molar-refractivity contribution in [2.24, 2.45) is 0 Å². The van der Waals surface area contributed by atoms with E-state index in [4.69, 9.17) is 16.3 Å². The number of ether oxygens (including phenoxy) is 1. The summed E-state index contributed by atoms with van der Waals surface area (Å²) in [5, 5.41) is 3.10. The van der Waals surface area contributed by atoms with Gasteiger partial charge in [-0.2, -0.15) is 4.31 Å². The third kappa shape index (κ3) is 5.23. The minimum atomic E-state index is -3.82. The summed E-state index contributed by atoms with van der Waals surface area (Å²) in [5.41, 5.74) is 1.33. The van der Waals surface area contributed by atoms with Crippen LogP contribution in [-0.4, -0.2) is 62.7 Å². The van der Waals surface area contributed by atoms with Crippen LogP contribution in [0.15, 0.2) is 47.4 Å². The Balaban J connectivity index is 1.70. The van der Waals surface area contributed by atoms with Gasteiger partial charge in [0.2, 0.25) is 21.8 Å². The molecule has 2 amide bonds. The second-order valence-electron chi connectivity index (χ2n) is 7.67. The molecule has 32 heavy (non-hydrogen) atoms. The van der Waals surface area contributed by atoms with E-state index in [-0.39, 0.29) is 18.0 Å². The summed E-state index contributed by atoms with van der Waals surface area (Å²) in [4.78, 5) is 27.0. The molecule has 8 nitrogen and oxygen atoms in total. The number of benzene rings is 2. The van der Waals surface area contributed by atoms with Gasteiger partial charge in [0.05, 0.1) is 24.2 Å². The number of halogens is 1. The van der Waals surface area contributed by atoms with Crippen molar-refractivity contribution in [1.82, 2.24) is 9.21 Å². The molecule has 1 atom stereocenters. The van der Waals surface area contributed by atoms with Crippen LogP contribution < -0.4 is 10.1 Å². The van der Waals surface area contributed by atoms with E-state index >= 15 is 0 Å². The molecular weight excluding hydrogens is 454 g/mol. The molecule has 0 aromatic heterocycles. The number of carbonyl (C=O) groups excluding carboxylic acids is 2. The number of hydrogen-bond acceptors (Lipinski definition) is 5. The molecule has 3 rings (SSSR count). The number of aryl methyl sites for hydroxylation is 1. The number of nitrogens with zero attached hydrogens (tertiary/aromatic N) is 2. The van der Waals surface area contributed by atoms with Gasteiger partial charge in [0, 0.05) is 18.6 Å². The van der Waals surface area contributed by atoms with Crippen LogP contribution in [0.1, 0.15) is 18.4 Å². The highest BCUT2D eigenvalue weighted by atomic mass is 35.5. The van der Waals surface area contributed by atoms with Crippen LogP contribution in [0.3, 0.4) is 0 Å². The number of carbonyl (C=O) groups is 2. The van der Waals surface area contributed by atoms with E-state index in [0.717, 1.165) is 5.56 Å². The first-order valence-corrected chi connectivity index (χ1v) is 11.9. The smallest absolute Gasteiger partial charge is 0.244 e. The first kappa shape index (κ1) is 24.0. The van der Waals surface area contributed by atoms with E-state index in [1.54, 1.807) is 42.5 Å². The van der Waals surface area contributed by atoms with Gasteiger partial charge in [0.1, 0.15) is 11.8 Å². The van der Waals surface area contributed by atoms with Crippen LogP contribution in [0, 0.1) is 6.92 Å². The van der Waals surface area contributed by atoms with Crippen molar-refractivity contribution in [3.05, 3.63) is 53.1 Å². The van der Waals surface area contributed by atoms with Gasteiger partial charge in [-0.3, -0.25) is 9.59 Å². The first-order valence-electron chi connectivity index (χ1n) is 10.1. The quantitative estimate of drug-likeness (QED) is 0.658. The van der Waals surface area contributed by atoms with E-state index in [1.165, 1.54) is 23.4 Å². The molecule has 1 N–H and O–H groups in total. The van der Waals surface area contributed by atoms with Gasteiger partial charge in [-0.1, -0.05) is 29.3 Å². The molecular formula is C22H26ClN3O5S. The summed E-state index contributed by atoms with van der Waals surface area (Å²) >= 11 is 5.98. The van der Waals surface area contributed by atoms with E-state index in [0.29, 0.717) is 29.3 Å². The summed E-state index contributed by atoms with van der Waals surface area (Å²) in [6, 6.07) is 10.5. The summed E-state index contributed by atoms with van der Waals surface area (Å²) in [6.45, 7) is 1.88. The average molecular weight is 480 g/mol. The molecule has 0 aliphatic carbocycles. The number of hydrogen-bond donors (Lipinski definition) is 1. The molecule has 2 aromatic rings. The Morgan fingerprint density at radius 1 is 1.22 bits per heavy atom. The lowest BCUT2D eigenvalue weighted by Gasteiger charge is -2.27. The van der Waals surface area contributed by atoms with Crippen LogP contribution in [0.2, 0.25) is 5.02 Å². The monoisotopic (exact) mass is 479 g/mol. The van der Waals surface area contributed by atoms with Gasteiger partial charge < -0.3 is 15.0 Å². The summed E-state index contributed by atoms with van der Waals surface area (Å²) in [7, 11) is -0.872. The maximum atomic E-state index is 13.1. The molecule has 1 saturated heterocycles. The van der Waals surface area contributed by atoms with Crippen LogP contribution in [-0.2, 0) is 19.6 Å².